The molecule has 1 heterocycles. The van der Waals surface area contributed by atoms with Gasteiger partial charge in [-0.15, -0.1) is 11.8 Å². The Hall–Kier alpha value is -1.76. The van der Waals surface area contributed by atoms with Crippen molar-refractivity contribution in [2.24, 2.45) is 0 Å². The molecule has 1 N–H and O–H groups in total. The van der Waals surface area contributed by atoms with Gasteiger partial charge in [-0.3, -0.25) is 0 Å². The lowest BCUT2D eigenvalue weighted by molar-refractivity contribution is 0.214. The highest BCUT2D eigenvalue weighted by Gasteiger charge is 2.31. The Labute approximate surface area is 166 Å². The fraction of sp³-hybridized carbons (Fsp3) is 0.278. The zero-order chi connectivity index (χ0) is 18.7. The van der Waals surface area contributed by atoms with Crippen LogP contribution in [0.15, 0.2) is 36.4 Å². The van der Waals surface area contributed by atoms with E-state index in [1.54, 1.807) is 54.1 Å². The van der Waals surface area contributed by atoms with Gasteiger partial charge in [0.1, 0.15) is 5.37 Å². The first-order valence-electron chi connectivity index (χ1n) is 7.90. The number of anilines is 1. The number of urea groups is 1. The molecular formula is C18H18Cl2N2O3S. The van der Waals surface area contributed by atoms with Gasteiger partial charge in [0, 0.05) is 12.3 Å². The maximum Gasteiger partial charge on any atom is 0.323 e. The summed E-state index contributed by atoms with van der Waals surface area (Å²) in [5, 5.41) is 3.76. The number of methoxy groups -OCH3 is 2. The van der Waals surface area contributed by atoms with Crippen molar-refractivity contribution in [3.63, 3.8) is 0 Å². The molecule has 2 amide bonds. The van der Waals surface area contributed by atoms with E-state index >= 15 is 0 Å². The molecule has 138 valence electrons. The third kappa shape index (κ3) is 3.82. The molecule has 1 saturated heterocycles. The zero-order valence-corrected chi connectivity index (χ0v) is 16.6. The summed E-state index contributed by atoms with van der Waals surface area (Å²) in [4.78, 5) is 14.6. The molecule has 1 atom stereocenters. The Morgan fingerprint density at radius 3 is 2.69 bits per heavy atom. The zero-order valence-electron chi connectivity index (χ0n) is 14.3. The summed E-state index contributed by atoms with van der Waals surface area (Å²) in [5.41, 5.74) is 1.50. The van der Waals surface area contributed by atoms with Gasteiger partial charge in [0.15, 0.2) is 11.5 Å². The standard InChI is InChI=1S/C18H18Cl2N2O3S/c1-24-15-5-3-4-14(16(15)25-2)21-18(23)22-8-9-26-17(22)11-6-7-12(19)13(20)10-11/h3-7,10,17H,8-9H2,1-2H3,(H,21,23). The summed E-state index contributed by atoms with van der Waals surface area (Å²) >= 11 is 13.8. The van der Waals surface area contributed by atoms with E-state index in [2.05, 4.69) is 5.32 Å². The number of rotatable bonds is 4. The average molecular weight is 413 g/mol. The predicted octanol–water partition coefficient (Wildman–Crippen LogP) is 5.29. The smallest absolute Gasteiger partial charge is 0.323 e. The quantitative estimate of drug-likeness (QED) is 0.740. The topological polar surface area (TPSA) is 50.8 Å². The number of benzene rings is 2. The summed E-state index contributed by atoms with van der Waals surface area (Å²) in [6, 6.07) is 10.6. The van der Waals surface area contributed by atoms with Crippen molar-refractivity contribution in [2.45, 2.75) is 5.37 Å². The minimum atomic E-state index is -0.211. The van der Waals surface area contributed by atoms with Crippen LogP contribution in [0.4, 0.5) is 10.5 Å². The molecule has 8 heteroatoms. The number of nitrogens with one attached hydrogen (secondary N) is 1. The van der Waals surface area contributed by atoms with Crippen LogP contribution in [0, 0.1) is 0 Å². The number of ether oxygens (including phenoxy) is 2. The summed E-state index contributed by atoms with van der Waals surface area (Å²) in [6.45, 7) is 0.633. The molecule has 26 heavy (non-hydrogen) atoms. The first-order chi connectivity index (χ1) is 12.5. The highest BCUT2D eigenvalue weighted by Crippen LogP contribution is 2.41. The molecule has 0 spiro atoms. The molecule has 0 aromatic heterocycles. The molecule has 2 aromatic carbocycles. The third-order valence-corrected chi connectivity index (χ3v) is 6.02. The van der Waals surface area contributed by atoms with Crippen LogP contribution in [0.25, 0.3) is 0 Å². The molecule has 1 aliphatic heterocycles. The Balaban J connectivity index is 1.82. The van der Waals surface area contributed by atoms with E-state index in [0.717, 1.165) is 11.3 Å². The largest absolute Gasteiger partial charge is 0.493 e. The number of halogens is 2. The van der Waals surface area contributed by atoms with Gasteiger partial charge in [-0.05, 0) is 29.8 Å². The maximum absolute atomic E-state index is 12.9. The predicted molar refractivity (Wildman–Crippen MR) is 107 cm³/mol. The lowest BCUT2D eigenvalue weighted by Gasteiger charge is -2.25. The fourth-order valence-electron chi connectivity index (χ4n) is 2.79. The van der Waals surface area contributed by atoms with Gasteiger partial charge in [0.25, 0.3) is 0 Å². The van der Waals surface area contributed by atoms with Gasteiger partial charge in [0.2, 0.25) is 0 Å². The molecule has 2 aromatic rings. The number of nitrogens with zero attached hydrogens (tertiary/aromatic N) is 1. The molecular weight excluding hydrogens is 395 g/mol. The second-order valence-electron chi connectivity index (χ2n) is 5.56. The number of hydrogen-bond acceptors (Lipinski definition) is 4. The van der Waals surface area contributed by atoms with Crippen LogP contribution in [-0.2, 0) is 0 Å². The number of carbonyl (C=O) groups is 1. The van der Waals surface area contributed by atoms with Gasteiger partial charge in [0.05, 0.1) is 30.0 Å². The molecule has 0 saturated carbocycles. The average Bonchev–Trinajstić information content (AvgIpc) is 3.13. The normalized spacial score (nSPS) is 16.5. The second kappa shape index (κ2) is 8.29. The van der Waals surface area contributed by atoms with Crippen molar-refractivity contribution in [2.75, 3.05) is 31.8 Å². The molecule has 0 bridgehead atoms. The van der Waals surface area contributed by atoms with Crippen molar-refractivity contribution in [1.29, 1.82) is 0 Å². The number of hydrogen-bond donors (Lipinski definition) is 1. The molecule has 1 unspecified atom stereocenters. The highest BCUT2D eigenvalue weighted by atomic mass is 35.5. The molecule has 1 aliphatic rings. The van der Waals surface area contributed by atoms with Crippen LogP contribution in [0.1, 0.15) is 10.9 Å². The van der Waals surface area contributed by atoms with Crippen LogP contribution in [0.5, 0.6) is 11.5 Å². The van der Waals surface area contributed by atoms with Gasteiger partial charge >= 0.3 is 6.03 Å². The molecule has 1 fully saturated rings. The van der Waals surface area contributed by atoms with E-state index in [-0.39, 0.29) is 11.4 Å². The fourth-order valence-corrected chi connectivity index (χ4v) is 4.34. The van der Waals surface area contributed by atoms with Gasteiger partial charge in [-0.2, -0.15) is 0 Å². The maximum atomic E-state index is 12.9. The first-order valence-corrected chi connectivity index (χ1v) is 9.70. The van der Waals surface area contributed by atoms with E-state index < -0.39 is 0 Å². The van der Waals surface area contributed by atoms with E-state index in [0.29, 0.717) is 33.8 Å². The van der Waals surface area contributed by atoms with E-state index in [1.807, 2.05) is 6.07 Å². The van der Waals surface area contributed by atoms with Crippen LogP contribution >= 0.6 is 35.0 Å². The van der Waals surface area contributed by atoms with Gasteiger partial charge in [-0.25, -0.2) is 4.79 Å². The molecule has 5 nitrogen and oxygen atoms in total. The Bertz CT molecular complexity index is 819. The SMILES string of the molecule is COc1cccc(NC(=O)N2CCSC2c2ccc(Cl)c(Cl)c2)c1OC. The monoisotopic (exact) mass is 412 g/mol. The summed E-state index contributed by atoms with van der Waals surface area (Å²) in [5.74, 6) is 1.89. The van der Waals surface area contributed by atoms with Crippen LogP contribution in [-0.4, -0.2) is 37.4 Å². The summed E-state index contributed by atoms with van der Waals surface area (Å²) in [6.07, 6.45) is 0. The molecule has 3 rings (SSSR count). The van der Waals surface area contributed by atoms with Crippen LogP contribution in [0.2, 0.25) is 10.0 Å². The second-order valence-corrected chi connectivity index (χ2v) is 7.56. The number of carbonyl (C=O) groups excluding carboxylic acids is 1. The van der Waals surface area contributed by atoms with Gasteiger partial charge < -0.3 is 19.7 Å². The Morgan fingerprint density at radius 1 is 1.19 bits per heavy atom. The van der Waals surface area contributed by atoms with Crippen molar-refractivity contribution in [3.8, 4) is 11.5 Å². The van der Waals surface area contributed by atoms with Gasteiger partial charge in [-0.1, -0.05) is 35.3 Å². The Morgan fingerprint density at radius 2 is 2.00 bits per heavy atom. The third-order valence-electron chi connectivity index (χ3n) is 4.03. The van der Waals surface area contributed by atoms with Crippen LogP contribution < -0.4 is 14.8 Å². The molecule has 0 radical (unpaired) electrons. The summed E-state index contributed by atoms with van der Waals surface area (Å²) < 4.78 is 10.7. The van der Waals surface area contributed by atoms with E-state index in [4.69, 9.17) is 32.7 Å². The number of para-hydroxylation sites is 1. The van der Waals surface area contributed by atoms with Crippen molar-refractivity contribution < 1.29 is 14.3 Å². The van der Waals surface area contributed by atoms with Crippen LogP contribution in [0.3, 0.4) is 0 Å². The lowest BCUT2D eigenvalue weighted by atomic mass is 10.2. The minimum Gasteiger partial charge on any atom is -0.493 e. The van der Waals surface area contributed by atoms with Crippen molar-refractivity contribution in [1.82, 2.24) is 4.90 Å². The number of amides is 2. The van der Waals surface area contributed by atoms with Crippen molar-refractivity contribution >= 4 is 46.7 Å². The number of thioether (sulfide) groups is 1. The first kappa shape index (κ1) is 19.0. The van der Waals surface area contributed by atoms with E-state index in [9.17, 15) is 4.79 Å². The highest BCUT2D eigenvalue weighted by molar-refractivity contribution is 7.99. The van der Waals surface area contributed by atoms with E-state index in [1.165, 1.54) is 7.11 Å². The Kier molecular flexibility index (Phi) is 6.06. The lowest BCUT2D eigenvalue weighted by Crippen LogP contribution is -2.34. The summed E-state index contributed by atoms with van der Waals surface area (Å²) in [7, 11) is 3.10. The molecule has 0 aliphatic carbocycles. The minimum absolute atomic E-state index is 0.124. The van der Waals surface area contributed by atoms with Crippen molar-refractivity contribution in [3.05, 3.63) is 52.0 Å².